The van der Waals surface area contributed by atoms with Crippen molar-refractivity contribution in [3.63, 3.8) is 0 Å². The van der Waals surface area contributed by atoms with Gasteiger partial charge >= 0.3 is 0 Å². The lowest BCUT2D eigenvalue weighted by molar-refractivity contribution is 0.0415. The number of rotatable bonds is 17. The Morgan fingerprint density at radius 2 is 0.780 bits per heavy atom. The summed E-state index contributed by atoms with van der Waals surface area (Å²) in [6, 6.07) is 64.4. The van der Waals surface area contributed by atoms with Gasteiger partial charge in [-0.15, -0.1) is 0 Å². The lowest BCUT2D eigenvalue weighted by atomic mass is 9.98. The molecule has 0 saturated heterocycles. The quantitative estimate of drug-likeness (QED) is 0.0301. The summed E-state index contributed by atoms with van der Waals surface area (Å²) >= 11 is 0. The van der Waals surface area contributed by atoms with Crippen LogP contribution in [0.5, 0.6) is 0 Å². The molecule has 0 heterocycles. The molecule has 0 aromatic heterocycles. The molecule has 290 valence electrons. The minimum atomic E-state index is -3.22. The molecule has 59 heavy (non-hydrogen) atoms. The monoisotopic (exact) mass is 792 g/mol. The van der Waals surface area contributed by atoms with E-state index in [1.54, 1.807) is 109 Å². The van der Waals surface area contributed by atoms with Gasteiger partial charge < -0.3 is 9.47 Å². The first kappa shape index (κ1) is 40.2. The molecule has 7 aromatic carbocycles. The van der Waals surface area contributed by atoms with E-state index < -0.39 is 30.3 Å². The summed E-state index contributed by atoms with van der Waals surface area (Å²) in [6.45, 7) is -3.65. The topological polar surface area (TPSA) is 86.7 Å². The molecule has 7 heteroatoms. The highest BCUT2D eigenvalue weighted by Gasteiger charge is 2.41. The van der Waals surface area contributed by atoms with Crippen LogP contribution in [-0.2, 0) is 9.47 Å². The van der Waals surface area contributed by atoms with E-state index in [-0.39, 0.29) is 30.0 Å². The third-order valence-corrected chi connectivity index (χ3v) is 14.2. The Balaban J connectivity index is 1.41. The molecule has 7 rings (SSSR count). The standard InChI is InChI=1S/C52H41O6P/c53-46(39-22-8-1-9-23-39)38-47(48(54)40-24-10-2-11-25-40)57-36-37-58-51(49(55)41-26-12-3-13-27-41)52(50(56)42-28-14-4-15-29-42)59(43-30-16-5-17-31-43,44-32-18-6-19-33-44)45-34-20-7-21-35-45/h1-35,38,51H,36-37H2. The van der Waals surface area contributed by atoms with Crippen LogP contribution >= 0.6 is 6.89 Å². The van der Waals surface area contributed by atoms with Gasteiger partial charge in [0.2, 0.25) is 5.78 Å². The van der Waals surface area contributed by atoms with Crippen molar-refractivity contribution < 1.29 is 28.7 Å². The first-order valence-electron chi connectivity index (χ1n) is 19.3. The number of hydrogen-bond acceptors (Lipinski definition) is 6. The normalized spacial score (nSPS) is 11.9. The third-order valence-electron chi connectivity index (χ3n) is 9.81. The summed E-state index contributed by atoms with van der Waals surface area (Å²) in [4.78, 5) is 57.9. The summed E-state index contributed by atoms with van der Waals surface area (Å²) in [5, 5.41) is 2.87. The Morgan fingerprint density at radius 3 is 1.20 bits per heavy atom. The molecule has 0 aliphatic carbocycles. The number of ether oxygens (including phenoxy) is 2. The van der Waals surface area contributed by atoms with Crippen molar-refractivity contribution in [2.45, 2.75) is 6.10 Å². The van der Waals surface area contributed by atoms with Gasteiger partial charge in [0, 0.05) is 33.6 Å². The molecule has 0 aliphatic rings. The van der Waals surface area contributed by atoms with E-state index in [9.17, 15) is 9.59 Å². The average molecular weight is 793 g/mol. The minimum absolute atomic E-state index is 0.177. The Hall–Kier alpha value is -6.98. The number of carbonyl (C=O) groups excluding carboxylic acids is 4. The third kappa shape index (κ3) is 9.11. The Kier molecular flexibility index (Phi) is 13.3. The Morgan fingerprint density at radius 1 is 0.424 bits per heavy atom. The van der Waals surface area contributed by atoms with Crippen molar-refractivity contribution >= 4 is 51.2 Å². The number of benzene rings is 7. The van der Waals surface area contributed by atoms with Gasteiger partial charge in [-0.05, 0) is 22.8 Å². The number of hydrogen-bond donors (Lipinski definition) is 0. The van der Waals surface area contributed by atoms with Gasteiger partial charge in [0.25, 0.3) is 0 Å². The largest absolute Gasteiger partial charge is 0.487 e. The Bertz CT molecular complexity index is 2490. The lowest BCUT2D eigenvalue weighted by Gasteiger charge is -2.35. The first-order valence-corrected chi connectivity index (χ1v) is 21.0. The van der Waals surface area contributed by atoms with Crippen molar-refractivity contribution in [3.05, 3.63) is 246 Å². The van der Waals surface area contributed by atoms with Crippen LogP contribution in [0.15, 0.2) is 224 Å². The summed E-state index contributed by atoms with van der Waals surface area (Å²) < 4.78 is 12.9. The van der Waals surface area contributed by atoms with Gasteiger partial charge in [0.15, 0.2) is 29.2 Å². The van der Waals surface area contributed by atoms with Crippen molar-refractivity contribution in [1.29, 1.82) is 0 Å². The molecule has 0 N–H and O–H groups in total. The van der Waals surface area contributed by atoms with Crippen molar-refractivity contribution in [3.8, 4) is 0 Å². The average Bonchev–Trinajstić information content (AvgIpc) is 3.32. The van der Waals surface area contributed by atoms with E-state index in [0.717, 1.165) is 15.9 Å². The Labute approximate surface area is 344 Å². The predicted molar refractivity (Wildman–Crippen MR) is 237 cm³/mol. The molecular weight excluding hydrogens is 752 g/mol. The maximum atomic E-state index is 15.6. The van der Waals surface area contributed by atoms with E-state index in [4.69, 9.17) is 9.47 Å². The van der Waals surface area contributed by atoms with Crippen LogP contribution in [0, 0.1) is 0 Å². The first-order chi connectivity index (χ1) is 29.0. The molecule has 0 amide bonds. The van der Waals surface area contributed by atoms with E-state index >= 15 is 9.59 Å². The van der Waals surface area contributed by atoms with Crippen LogP contribution in [0.2, 0.25) is 0 Å². The highest BCUT2D eigenvalue weighted by atomic mass is 31.2. The van der Waals surface area contributed by atoms with Crippen LogP contribution in [-0.4, -0.2) is 47.7 Å². The molecule has 0 bridgehead atoms. The number of allylic oxidation sites excluding steroid dienone is 2. The van der Waals surface area contributed by atoms with Crippen molar-refractivity contribution in [1.82, 2.24) is 0 Å². The fourth-order valence-electron chi connectivity index (χ4n) is 7.06. The SMILES string of the molecule is O=C(C=C(OCCOC(C(=O)c1ccccc1)C(C(=O)c1ccccc1)=P(c1ccccc1)(c1ccccc1)c1ccccc1)C(=O)c1ccccc1)c1ccccc1. The lowest BCUT2D eigenvalue weighted by Crippen LogP contribution is -2.44. The van der Waals surface area contributed by atoms with Crippen molar-refractivity contribution in [2.75, 3.05) is 13.2 Å². The summed E-state index contributed by atoms with van der Waals surface area (Å²) in [7, 11) is 0. The van der Waals surface area contributed by atoms with Gasteiger partial charge in [-0.25, -0.2) is 0 Å². The van der Waals surface area contributed by atoms with E-state index in [2.05, 4.69) is 0 Å². The zero-order chi connectivity index (χ0) is 40.9. The summed E-state index contributed by atoms with van der Waals surface area (Å²) in [5.41, 5.74) is 1.49. The molecule has 1 unspecified atom stereocenters. The van der Waals surface area contributed by atoms with Gasteiger partial charge in [0.05, 0.1) is 6.61 Å². The van der Waals surface area contributed by atoms with Gasteiger partial charge in [-0.2, -0.15) is 0 Å². The number of carbonyl (C=O) groups is 4. The molecule has 1 atom stereocenters. The molecule has 0 saturated carbocycles. The molecule has 0 aliphatic heterocycles. The number of Topliss-reactive ketones (excluding diaryl/α,β-unsaturated/α-hetero) is 3. The van der Waals surface area contributed by atoms with Crippen LogP contribution in [0.3, 0.4) is 0 Å². The van der Waals surface area contributed by atoms with E-state index in [0.29, 0.717) is 22.3 Å². The fourth-order valence-corrected chi connectivity index (χ4v) is 11.6. The smallest absolute Gasteiger partial charge is 0.227 e. The second-order valence-electron chi connectivity index (χ2n) is 13.5. The fraction of sp³-hybridized carbons (Fsp3) is 0.0577. The van der Waals surface area contributed by atoms with Crippen LogP contribution in [0.1, 0.15) is 41.4 Å². The highest BCUT2D eigenvalue weighted by molar-refractivity contribution is 7.96. The molecule has 6 nitrogen and oxygen atoms in total. The van der Waals surface area contributed by atoms with Crippen molar-refractivity contribution in [2.24, 2.45) is 0 Å². The number of ketones is 4. The maximum Gasteiger partial charge on any atom is 0.227 e. The molecule has 7 aromatic rings. The second kappa shape index (κ2) is 19.4. The van der Waals surface area contributed by atoms with E-state index in [1.807, 2.05) is 103 Å². The summed E-state index contributed by atoms with van der Waals surface area (Å²) in [6.07, 6.45) is -0.226. The van der Waals surface area contributed by atoms with Crippen LogP contribution < -0.4 is 15.9 Å². The van der Waals surface area contributed by atoms with Gasteiger partial charge in [-0.1, -0.05) is 212 Å². The van der Waals surface area contributed by atoms with E-state index in [1.165, 1.54) is 6.08 Å². The maximum absolute atomic E-state index is 15.6. The zero-order valence-electron chi connectivity index (χ0n) is 32.2. The van der Waals surface area contributed by atoms with Crippen LogP contribution in [0.25, 0.3) is 0 Å². The van der Waals surface area contributed by atoms with Gasteiger partial charge in [0.1, 0.15) is 6.61 Å². The molecule has 0 radical (unpaired) electrons. The highest BCUT2D eigenvalue weighted by Crippen LogP contribution is 2.48. The zero-order valence-corrected chi connectivity index (χ0v) is 33.1. The van der Waals surface area contributed by atoms with Crippen LogP contribution in [0.4, 0.5) is 0 Å². The second-order valence-corrected chi connectivity index (χ2v) is 16.9. The van der Waals surface area contributed by atoms with Gasteiger partial charge in [-0.3, -0.25) is 19.2 Å². The molecule has 0 fully saturated rings. The minimum Gasteiger partial charge on any atom is -0.487 e. The molecular formula is C52H41O6P. The molecule has 0 spiro atoms. The predicted octanol–water partition coefficient (Wildman–Crippen LogP) is 8.97. The summed E-state index contributed by atoms with van der Waals surface area (Å²) in [5.74, 6) is -1.81.